The third kappa shape index (κ3) is 2.55. The van der Waals surface area contributed by atoms with E-state index in [1.165, 1.54) is 32.1 Å². The fourth-order valence-corrected chi connectivity index (χ4v) is 2.20. The Morgan fingerprint density at radius 3 is 2.62 bits per heavy atom. The summed E-state index contributed by atoms with van der Waals surface area (Å²) in [6.07, 6.45) is 8.46. The first-order chi connectivity index (χ1) is 6.34. The Balaban J connectivity index is 1.85. The summed E-state index contributed by atoms with van der Waals surface area (Å²) in [4.78, 5) is 0. The predicted octanol–water partition coefficient (Wildman–Crippen LogP) is 1.85. The molecule has 74 valence electrons. The molecular formula is C11H19NO. The van der Waals surface area contributed by atoms with Crippen molar-refractivity contribution in [2.75, 3.05) is 13.2 Å². The van der Waals surface area contributed by atoms with Gasteiger partial charge in [-0.25, -0.2) is 0 Å². The summed E-state index contributed by atoms with van der Waals surface area (Å²) in [5.74, 6) is 0.698. The van der Waals surface area contributed by atoms with E-state index in [1.54, 1.807) is 5.57 Å². The van der Waals surface area contributed by atoms with E-state index < -0.39 is 0 Å². The van der Waals surface area contributed by atoms with Gasteiger partial charge in [-0.05, 0) is 32.1 Å². The minimum Gasteiger partial charge on any atom is -0.381 e. The molecule has 1 saturated heterocycles. The third-order valence-electron chi connectivity index (χ3n) is 3.11. The zero-order valence-corrected chi connectivity index (χ0v) is 8.17. The van der Waals surface area contributed by atoms with Crippen molar-refractivity contribution < 1.29 is 4.74 Å². The second kappa shape index (κ2) is 4.25. The van der Waals surface area contributed by atoms with Crippen molar-refractivity contribution >= 4 is 0 Å². The van der Waals surface area contributed by atoms with Crippen LogP contribution in [0, 0.1) is 5.92 Å². The molecule has 1 atom stereocenters. The van der Waals surface area contributed by atoms with Crippen LogP contribution in [0.3, 0.4) is 0 Å². The van der Waals surface area contributed by atoms with Gasteiger partial charge in [0.2, 0.25) is 0 Å². The SMILES string of the molecule is NC1CCC(=CC2CCOC2)CC1. The minimum atomic E-state index is 0.456. The van der Waals surface area contributed by atoms with E-state index in [-0.39, 0.29) is 0 Å². The molecule has 1 unspecified atom stereocenters. The van der Waals surface area contributed by atoms with E-state index in [2.05, 4.69) is 6.08 Å². The predicted molar refractivity (Wildman–Crippen MR) is 53.5 cm³/mol. The first-order valence-corrected chi connectivity index (χ1v) is 5.37. The Labute approximate surface area is 80.1 Å². The summed E-state index contributed by atoms with van der Waals surface area (Å²) in [5.41, 5.74) is 7.48. The highest BCUT2D eigenvalue weighted by Crippen LogP contribution is 2.25. The molecule has 0 spiro atoms. The first kappa shape index (κ1) is 9.22. The molecule has 0 amide bonds. The highest BCUT2D eigenvalue weighted by molar-refractivity contribution is 5.08. The number of nitrogens with two attached hydrogens (primary N) is 1. The first-order valence-electron chi connectivity index (χ1n) is 5.37. The Hall–Kier alpha value is -0.340. The van der Waals surface area contributed by atoms with Gasteiger partial charge in [0, 0.05) is 18.6 Å². The Morgan fingerprint density at radius 2 is 2.00 bits per heavy atom. The summed E-state index contributed by atoms with van der Waals surface area (Å²) < 4.78 is 5.35. The van der Waals surface area contributed by atoms with Crippen LogP contribution in [0.2, 0.25) is 0 Å². The van der Waals surface area contributed by atoms with Crippen molar-refractivity contribution in [3.8, 4) is 0 Å². The smallest absolute Gasteiger partial charge is 0.0529 e. The molecule has 13 heavy (non-hydrogen) atoms. The van der Waals surface area contributed by atoms with Crippen LogP contribution in [0.25, 0.3) is 0 Å². The maximum atomic E-state index is 5.85. The summed E-state index contributed by atoms with van der Waals surface area (Å²) in [6, 6.07) is 0.456. The van der Waals surface area contributed by atoms with Crippen molar-refractivity contribution in [1.29, 1.82) is 0 Å². The van der Waals surface area contributed by atoms with Gasteiger partial charge in [-0.1, -0.05) is 11.6 Å². The molecule has 2 aliphatic rings. The van der Waals surface area contributed by atoms with Gasteiger partial charge in [-0.2, -0.15) is 0 Å². The normalized spacial score (nSPS) is 35.0. The summed E-state index contributed by atoms with van der Waals surface area (Å²) in [5, 5.41) is 0. The number of allylic oxidation sites excluding steroid dienone is 1. The van der Waals surface area contributed by atoms with Crippen LogP contribution in [-0.2, 0) is 4.74 Å². The van der Waals surface area contributed by atoms with Crippen LogP contribution in [0.4, 0.5) is 0 Å². The van der Waals surface area contributed by atoms with Gasteiger partial charge in [0.15, 0.2) is 0 Å². The van der Waals surface area contributed by atoms with Crippen molar-refractivity contribution in [1.82, 2.24) is 0 Å². The molecule has 2 rings (SSSR count). The monoisotopic (exact) mass is 181 g/mol. The minimum absolute atomic E-state index is 0.456. The molecule has 1 aliphatic carbocycles. The van der Waals surface area contributed by atoms with E-state index in [0.29, 0.717) is 12.0 Å². The number of rotatable bonds is 1. The highest BCUT2D eigenvalue weighted by Gasteiger charge is 2.17. The van der Waals surface area contributed by atoms with Gasteiger partial charge in [-0.3, -0.25) is 0 Å². The van der Waals surface area contributed by atoms with Crippen LogP contribution in [-0.4, -0.2) is 19.3 Å². The van der Waals surface area contributed by atoms with Gasteiger partial charge < -0.3 is 10.5 Å². The zero-order chi connectivity index (χ0) is 9.10. The lowest BCUT2D eigenvalue weighted by molar-refractivity contribution is 0.191. The fourth-order valence-electron chi connectivity index (χ4n) is 2.20. The maximum absolute atomic E-state index is 5.85. The highest BCUT2D eigenvalue weighted by atomic mass is 16.5. The molecule has 1 heterocycles. The summed E-state index contributed by atoms with van der Waals surface area (Å²) >= 11 is 0. The molecule has 2 N–H and O–H groups in total. The average Bonchev–Trinajstić information content (AvgIpc) is 2.62. The Bertz CT molecular complexity index is 184. The summed E-state index contributed by atoms with van der Waals surface area (Å²) in [7, 11) is 0. The van der Waals surface area contributed by atoms with Crippen LogP contribution >= 0.6 is 0 Å². The molecule has 2 heteroatoms. The van der Waals surface area contributed by atoms with E-state index in [9.17, 15) is 0 Å². The van der Waals surface area contributed by atoms with Crippen LogP contribution in [0.5, 0.6) is 0 Å². The molecule has 0 bridgehead atoms. The molecule has 1 aliphatic heterocycles. The Kier molecular flexibility index (Phi) is 3.01. The number of hydrogen-bond acceptors (Lipinski definition) is 2. The summed E-state index contributed by atoms with van der Waals surface area (Å²) in [6.45, 7) is 1.89. The van der Waals surface area contributed by atoms with E-state index in [1.807, 2.05) is 0 Å². The van der Waals surface area contributed by atoms with E-state index >= 15 is 0 Å². The lowest BCUT2D eigenvalue weighted by Crippen LogP contribution is -2.23. The second-order valence-electron chi connectivity index (χ2n) is 4.29. The zero-order valence-electron chi connectivity index (χ0n) is 8.17. The molecule has 0 aromatic rings. The molecule has 0 aromatic heterocycles. The lowest BCUT2D eigenvalue weighted by Gasteiger charge is -2.20. The third-order valence-corrected chi connectivity index (χ3v) is 3.11. The van der Waals surface area contributed by atoms with Crippen molar-refractivity contribution in [2.24, 2.45) is 11.7 Å². The van der Waals surface area contributed by atoms with Crippen LogP contribution in [0.1, 0.15) is 32.1 Å². The molecule has 1 saturated carbocycles. The second-order valence-corrected chi connectivity index (χ2v) is 4.29. The molecular weight excluding hydrogens is 162 g/mol. The van der Waals surface area contributed by atoms with Gasteiger partial charge in [0.05, 0.1) is 6.61 Å². The van der Waals surface area contributed by atoms with Crippen LogP contribution in [0.15, 0.2) is 11.6 Å². The quantitative estimate of drug-likeness (QED) is 0.627. The van der Waals surface area contributed by atoms with Crippen molar-refractivity contribution in [2.45, 2.75) is 38.1 Å². The van der Waals surface area contributed by atoms with Crippen LogP contribution < -0.4 is 5.73 Å². The van der Waals surface area contributed by atoms with Crippen molar-refractivity contribution in [3.63, 3.8) is 0 Å². The van der Waals surface area contributed by atoms with Gasteiger partial charge >= 0.3 is 0 Å². The fraction of sp³-hybridized carbons (Fsp3) is 0.818. The van der Waals surface area contributed by atoms with E-state index in [0.717, 1.165) is 13.2 Å². The molecule has 0 radical (unpaired) electrons. The van der Waals surface area contributed by atoms with Gasteiger partial charge in [0.25, 0.3) is 0 Å². The number of hydrogen-bond donors (Lipinski definition) is 1. The molecule has 2 nitrogen and oxygen atoms in total. The van der Waals surface area contributed by atoms with E-state index in [4.69, 9.17) is 10.5 Å². The van der Waals surface area contributed by atoms with Gasteiger partial charge in [-0.15, -0.1) is 0 Å². The van der Waals surface area contributed by atoms with Crippen molar-refractivity contribution in [3.05, 3.63) is 11.6 Å². The largest absolute Gasteiger partial charge is 0.381 e. The topological polar surface area (TPSA) is 35.2 Å². The average molecular weight is 181 g/mol. The van der Waals surface area contributed by atoms with Gasteiger partial charge in [0.1, 0.15) is 0 Å². The molecule has 2 fully saturated rings. The molecule has 0 aromatic carbocycles. The maximum Gasteiger partial charge on any atom is 0.0529 e. The standard InChI is InChI=1S/C11H19NO/c12-11-3-1-9(2-4-11)7-10-5-6-13-8-10/h7,10-11H,1-6,8,12H2. The number of ether oxygens (including phenoxy) is 1. The Morgan fingerprint density at radius 1 is 1.23 bits per heavy atom. The lowest BCUT2D eigenvalue weighted by atomic mass is 9.89.